The fourth-order valence-electron chi connectivity index (χ4n) is 5.85. The van der Waals surface area contributed by atoms with Crippen LogP contribution in [0.3, 0.4) is 0 Å². The summed E-state index contributed by atoms with van der Waals surface area (Å²) in [7, 11) is 0. The number of rotatable bonds is 15. The average Bonchev–Trinajstić information content (AvgIpc) is 3.06. The summed E-state index contributed by atoms with van der Waals surface area (Å²) in [6.07, 6.45) is 16.0. The van der Waals surface area contributed by atoms with Crippen LogP contribution >= 0.6 is 0 Å². The van der Waals surface area contributed by atoms with Gasteiger partial charge in [-0.15, -0.1) is 0 Å². The van der Waals surface area contributed by atoms with E-state index in [1.807, 2.05) is 6.07 Å². The number of halogens is 1. The van der Waals surface area contributed by atoms with Crippen molar-refractivity contribution in [2.24, 2.45) is 23.2 Å². The van der Waals surface area contributed by atoms with Crippen molar-refractivity contribution in [1.82, 2.24) is 5.32 Å². The summed E-state index contributed by atoms with van der Waals surface area (Å²) in [6.45, 7) is 31.7. The van der Waals surface area contributed by atoms with E-state index < -0.39 is 0 Å². The van der Waals surface area contributed by atoms with Crippen LogP contribution in [0.2, 0.25) is 0 Å². The third kappa shape index (κ3) is 16.3. The number of nitrogens with zero attached hydrogens (tertiary/aromatic N) is 1. The Labute approximate surface area is 301 Å². The van der Waals surface area contributed by atoms with E-state index in [0.29, 0.717) is 17.3 Å². The fourth-order valence-corrected chi connectivity index (χ4v) is 5.85. The zero-order valence-electron chi connectivity index (χ0n) is 32.9. The summed E-state index contributed by atoms with van der Waals surface area (Å²) >= 11 is 0. The molecular weight excluding hydrogens is 600 g/mol. The lowest BCUT2D eigenvalue weighted by atomic mass is 9.80. The molecule has 2 aromatic rings. The molecule has 1 aliphatic carbocycles. The molecule has 3 rings (SSSR count). The standard InChI is InChI=1S/C25H33N.C12H25N.C9H11F/c1-6-7-9-18(2)12-13-20(4)23-15-14-22(16-21(23)5)24-11-8-10-19(3)25(24)17-26;1-7-8-9-13-11(3)10(2)12(4,5)6;1-2-4-8-5-3-6-9(10)7-8/h8,11,14-16,18-19H,4,6-7,9-10,12-13H2,1-3,5H3;10,13H,3,7-9H2,1-2,4-6H3;3,5-7H,2,4H2,1H3. The largest absolute Gasteiger partial charge is 0.389 e. The van der Waals surface area contributed by atoms with E-state index in [-0.39, 0.29) is 5.82 Å². The molecule has 0 saturated carbocycles. The van der Waals surface area contributed by atoms with E-state index in [4.69, 9.17) is 0 Å². The Morgan fingerprint density at radius 2 is 1.69 bits per heavy atom. The molecule has 0 heterocycles. The molecule has 0 radical (unpaired) electrons. The molecule has 1 aliphatic rings. The number of nitriles is 1. The molecule has 1 N–H and O–H groups in total. The molecule has 0 spiro atoms. The van der Waals surface area contributed by atoms with E-state index >= 15 is 0 Å². The second kappa shape index (κ2) is 23.1. The quantitative estimate of drug-likeness (QED) is 0.192. The van der Waals surface area contributed by atoms with Gasteiger partial charge in [0.2, 0.25) is 0 Å². The number of hydrogen-bond donors (Lipinski definition) is 1. The van der Waals surface area contributed by atoms with Gasteiger partial charge in [0.25, 0.3) is 0 Å². The van der Waals surface area contributed by atoms with E-state index in [0.717, 1.165) is 60.4 Å². The minimum absolute atomic E-state index is 0.133. The van der Waals surface area contributed by atoms with Crippen LogP contribution in [-0.2, 0) is 6.42 Å². The maximum Gasteiger partial charge on any atom is 0.123 e. The van der Waals surface area contributed by atoms with E-state index in [1.54, 1.807) is 12.1 Å². The van der Waals surface area contributed by atoms with Gasteiger partial charge in [0.05, 0.1) is 6.07 Å². The highest BCUT2D eigenvalue weighted by molar-refractivity contribution is 5.82. The van der Waals surface area contributed by atoms with Crippen LogP contribution < -0.4 is 5.32 Å². The van der Waals surface area contributed by atoms with Crippen LogP contribution in [0.5, 0.6) is 0 Å². The lowest BCUT2D eigenvalue weighted by molar-refractivity contribution is 0.289. The number of benzene rings is 2. The van der Waals surface area contributed by atoms with Crippen LogP contribution in [0.15, 0.2) is 79.0 Å². The first-order chi connectivity index (χ1) is 23.2. The lowest BCUT2D eigenvalue weighted by Crippen LogP contribution is -2.27. The van der Waals surface area contributed by atoms with Crippen molar-refractivity contribution in [2.45, 2.75) is 133 Å². The van der Waals surface area contributed by atoms with Gasteiger partial charge in [0.15, 0.2) is 0 Å². The van der Waals surface area contributed by atoms with Gasteiger partial charge in [-0.2, -0.15) is 5.26 Å². The molecule has 0 saturated heterocycles. The third-order valence-electron chi connectivity index (χ3n) is 9.72. The summed E-state index contributed by atoms with van der Waals surface area (Å²) in [4.78, 5) is 0. The van der Waals surface area contributed by atoms with Gasteiger partial charge in [-0.3, -0.25) is 0 Å². The van der Waals surface area contributed by atoms with E-state index in [1.165, 1.54) is 67.0 Å². The molecule has 0 fully saturated rings. The first-order valence-corrected chi connectivity index (χ1v) is 19.0. The summed E-state index contributed by atoms with van der Waals surface area (Å²) in [6, 6.07) is 15.7. The Morgan fingerprint density at radius 3 is 2.27 bits per heavy atom. The highest BCUT2D eigenvalue weighted by Crippen LogP contribution is 2.34. The highest BCUT2D eigenvalue weighted by atomic mass is 19.1. The summed E-state index contributed by atoms with van der Waals surface area (Å²) in [5.41, 5.74) is 9.48. The number of hydrogen-bond acceptors (Lipinski definition) is 2. The summed E-state index contributed by atoms with van der Waals surface area (Å²) < 4.78 is 12.5. The number of unbranched alkanes of at least 4 members (excludes halogenated alkanes) is 2. The van der Waals surface area contributed by atoms with Crippen molar-refractivity contribution in [1.29, 1.82) is 5.26 Å². The van der Waals surface area contributed by atoms with Crippen molar-refractivity contribution in [3.05, 3.63) is 107 Å². The van der Waals surface area contributed by atoms with Crippen molar-refractivity contribution in [3.8, 4) is 6.07 Å². The zero-order chi connectivity index (χ0) is 37.0. The van der Waals surface area contributed by atoms with E-state index in [9.17, 15) is 9.65 Å². The third-order valence-corrected chi connectivity index (χ3v) is 9.72. The van der Waals surface area contributed by atoms with Crippen molar-refractivity contribution in [2.75, 3.05) is 6.54 Å². The average molecular weight is 669 g/mol. The minimum Gasteiger partial charge on any atom is -0.389 e. The Morgan fingerprint density at radius 1 is 1.00 bits per heavy atom. The Bertz CT molecular complexity index is 1400. The molecule has 270 valence electrons. The van der Waals surface area contributed by atoms with Crippen LogP contribution in [-0.4, -0.2) is 6.54 Å². The molecule has 0 aliphatic heterocycles. The molecule has 3 atom stereocenters. The molecule has 0 amide bonds. The second-order valence-electron chi connectivity index (χ2n) is 15.2. The minimum atomic E-state index is -0.133. The number of aryl methyl sites for hydroxylation is 2. The summed E-state index contributed by atoms with van der Waals surface area (Å²) in [5, 5.41) is 12.9. The van der Waals surface area contributed by atoms with Crippen LogP contribution in [0.1, 0.15) is 142 Å². The monoisotopic (exact) mass is 669 g/mol. The van der Waals surface area contributed by atoms with Gasteiger partial charge in [0.1, 0.15) is 5.82 Å². The fraction of sp³-hybridized carbons (Fsp3) is 0.543. The SMILES string of the molecule is C=C(CCC(C)CCCC)c1ccc(C2=C(C#N)C(C)CC=C2)cc1C.C=C(NCCCC)C(C)C(C)(C)C.CCCc1cccc(F)c1. The predicted molar refractivity (Wildman–Crippen MR) is 215 cm³/mol. The van der Waals surface area contributed by atoms with Crippen molar-refractivity contribution < 1.29 is 4.39 Å². The van der Waals surface area contributed by atoms with Gasteiger partial charge in [0, 0.05) is 23.7 Å². The number of nitrogens with one attached hydrogen (secondary N) is 1. The van der Waals surface area contributed by atoms with Crippen LogP contribution in [0, 0.1) is 47.2 Å². The van der Waals surface area contributed by atoms with Gasteiger partial charge >= 0.3 is 0 Å². The molecule has 2 aromatic carbocycles. The van der Waals surface area contributed by atoms with Gasteiger partial charge < -0.3 is 5.32 Å². The van der Waals surface area contributed by atoms with E-state index in [2.05, 4.69) is 124 Å². The molecule has 49 heavy (non-hydrogen) atoms. The lowest BCUT2D eigenvalue weighted by Gasteiger charge is -2.29. The first kappa shape index (κ1) is 43.6. The molecule has 3 unspecified atom stereocenters. The molecule has 2 nitrogen and oxygen atoms in total. The number of allylic oxidation sites excluding steroid dienone is 6. The summed E-state index contributed by atoms with van der Waals surface area (Å²) in [5.74, 6) is 1.47. The molecule has 3 heteroatoms. The maximum atomic E-state index is 12.5. The molecule has 0 aromatic heterocycles. The normalized spacial score (nSPS) is 15.2. The first-order valence-electron chi connectivity index (χ1n) is 19.0. The van der Waals surface area contributed by atoms with Crippen LogP contribution in [0.25, 0.3) is 11.1 Å². The van der Waals surface area contributed by atoms with Crippen LogP contribution in [0.4, 0.5) is 4.39 Å². The predicted octanol–water partition coefficient (Wildman–Crippen LogP) is 13.8. The Hall–Kier alpha value is -3.38. The Kier molecular flexibility index (Phi) is 20.6. The highest BCUT2D eigenvalue weighted by Gasteiger charge is 2.22. The zero-order valence-corrected chi connectivity index (χ0v) is 32.9. The maximum absolute atomic E-state index is 12.5. The smallest absolute Gasteiger partial charge is 0.123 e. The molecule has 0 bridgehead atoms. The van der Waals surface area contributed by atoms with Gasteiger partial charge in [-0.05, 0) is 102 Å². The second-order valence-corrected chi connectivity index (χ2v) is 15.2. The molecular formula is C46H69FN2. The Balaban J connectivity index is 0.000000432. The van der Waals surface area contributed by atoms with Crippen molar-refractivity contribution >= 4 is 11.1 Å². The van der Waals surface area contributed by atoms with Crippen molar-refractivity contribution in [3.63, 3.8) is 0 Å². The van der Waals surface area contributed by atoms with Gasteiger partial charge in [-0.25, -0.2) is 4.39 Å². The topological polar surface area (TPSA) is 35.8 Å². The van der Waals surface area contributed by atoms with Gasteiger partial charge in [-0.1, -0.05) is 150 Å².